The maximum Gasteiger partial charge on any atom is 0.296 e. The molecule has 1 unspecified atom stereocenters. The third-order valence-corrected chi connectivity index (χ3v) is 5.86. The molecular weight excluding hydrogens is 468 g/mol. The Morgan fingerprint density at radius 2 is 1.77 bits per heavy atom. The quantitative estimate of drug-likeness (QED) is 0.265. The van der Waals surface area contributed by atoms with E-state index >= 15 is 0 Å². The van der Waals surface area contributed by atoms with Crippen LogP contribution in [0.25, 0.3) is 5.76 Å². The fraction of sp³-hybridized carbons (Fsp3) is 0.222. The van der Waals surface area contributed by atoms with E-state index in [2.05, 4.69) is 4.98 Å². The minimum absolute atomic E-state index is 0.0293. The van der Waals surface area contributed by atoms with Crippen molar-refractivity contribution in [1.82, 2.24) is 9.88 Å². The van der Waals surface area contributed by atoms with Gasteiger partial charge in [0.25, 0.3) is 11.7 Å². The summed E-state index contributed by atoms with van der Waals surface area (Å²) in [5, 5.41) is 11.9. The van der Waals surface area contributed by atoms with Crippen LogP contribution in [0.3, 0.4) is 0 Å². The molecular formula is C27H25ClN2O5. The molecule has 4 rings (SSSR count). The average Bonchev–Trinajstić information content (AvgIpc) is 3.10. The average molecular weight is 493 g/mol. The van der Waals surface area contributed by atoms with Gasteiger partial charge in [0.15, 0.2) is 0 Å². The number of likely N-dealkylation sites (tertiary alicyclic amines) is 1. The monoisotopic (exact) mass is 492 g/mol. The van der Waals surface area contributed by atoms with Crippen molar-refractivity contribution in [2.24, 2.45) is 0 Å². The van der Waals surface area contributed by atoms with Gasteiger partial charge in [-0.15, -0.1) is 0 Å². The minimum atomic E-state index is -0.838. The molecule has 1 aliphatic heterocycles. The Bertz CT molecular complexity index is 1260. The van der Waals surface area contributed by atoms with Crippen molar-refractivity contribution >= 4 is 29.1 Å². The lowest BCUT2D eigenvalue weighted by Crippen LogP contribution is -2.29. The van der Waals surface area contributed by atoms with E-state index in [4.69, 9.17) is 21.1 Å². The summed E-state index contributed by atoms with van der Waals surface area (Å²) < 4.78 is 11.3. The molecule has 1 aliphatic rings. The summed E-state index contributed by atoms with van der Waals surface area (Å²) in [6, 6.07) is 16.3. The topological polar surface area (TPSA) is 89.0 Å². The first-order valence-corrected chi connectivity index (χ1v) is 11.7. The second-order valence-corrected chi connectivity index (χ2v) is 8.26. The number of aliphatic hydroxyl groups excluding tert-OH is 1. The van der Waals surface area contributed by atoms with Crippen molar-refractivity contribution in [3.8, 4) is 11.5 Å². The van der Waals surface area contributed by atoms with Crippen LogP contribution in [0, 0.1) is 0 Å². The Balaban J connectivity index is 1.87. The van der Waals surface area contributed by atoms with Crippen molar-refractivity contribution < 1.29 is 24.2 Å². The first-order chi connectivity index (χ1) is 16.9. The summed E-state index contributed by atoms with van der Waals surface area (Å²) in [4.78, 5) is 32.2. The Morgan fingerprint density at radius 1 is 1.03 bits per heavy atom. The number of hydrogen-bond donors (Lipinski definition) is 1. The molecule has 35 heavy (non-hydrogen) atoms. The van der Waals surface area contributed by atoms with Crippen LogP contribution in [0.2, 0.25) is 5.02 Å². The van der Waals surface area contributed by atoms with Gasteiger partial charge in [-0.05, 0) is 55.8 Å². The van der Waals surface area contributed by atoms with E-state index in [1.165, 1.54) is 4.90 Å². The van der Waals surface area contributed by atoms with Crippen LogP contribution >= 0.6 is 11.6 Å². The molecule has 0 saturated carbocycles. The highest BCUT2D eigenvalue weighted by molar-refractivity contribution is 6.46. The maximum absolute atomic E-state index is 13.3. The van der Waals surface area contributed by atoms with Gasteiger partial charge in [0.05, 0.1) is 42.6 Å². The first kappa shape index (κ1) is 24.3. The molecule has 1 amide bonds. The van der Waals surface area contributed by atoms with Gasteiger partial charge in [-0.2, -0.15) is 0 Å². The molecule has 1 saturated heterocycles. The van der Waals surface area contributed by atoms with E-state index in [-0.39, 0.29) is 17.9 Å². The highest BCUT2D eigenvalue weighted by atomic mass is 35.5. The summed E-state index contributed by atoms with van der Waals surface area (Å²) in [6.07, 6.45) is 1.62. The third kappa shape index (κ3) is 5.00. The number of carbonyl (C=O) groups is 2. The Labute approximate surface area is 208 Å². The van der Waals surface area contributed by atoms with E-state index in [1.54, 1.807) is 60.8 Å². The minimum Gasteiger partial charge on any atom is -0.507 e. The number of Topliss-reactive ketones (excluding diaryl/α,β-unsaturated/α-hetero) is 1. The Kier molecular flexibility index (Phi) is 7.36. The van der Waals surface area contributed by atoms with Crippen molar-refractivity contribution in [3.05, 3.63) is 94.3 Å². The second kappa shape index (κ2) is 10.6. The number of ether oxygens (including phenoxy) is 2. The summed E-state index contributed by atoms with van der Waals surface area (Å²) in [5.41, 5.74) is 1.52. The molecule has 7 nitrogen and oxygen atoms in total. The van der Waals surface area contributed by atoms with E-state index in [0.717, 1.165) is 0 Å². The Morgan fingerprint density at radius 3 is 2.43 bits per heavy atom. The van der Waals surface area contributed by atoms with Crippen molar-refractivity contribution in [3.63, 3.8) is 0 Å². The molecule has 1 atom stereocenters. The lowest BCUT2D eigenvalue weighted by Gasteiger charge is -2.25. The molecule has 3 aromatic rings. The highest BCUT2D eigenvalue weighted by Gasteiger charge is 2.46. The normalized spacial score (nSPS) is 17.0. The summed E-state index contributed by atoms with van der Waals surface area (Å²) in [5.74, 6) is -0.909. The SMILES string of the molecule is CCOc1ccc(/C(O)=C2/C(=O)C(=O)N(Cc3ccccn3)C2c2ccc(Cl)cc2)c(OCC)c1. The van der Waals surface area contributed by atoms with E-state index < -0.39 is 17.7 Å². The second-order valence-electron chi connectivity index (χ2n) is 7.82. The Hall–Kier alpha value is -3.84. The highest BCUT2D eigenvalue weighted by Crippen LogP contribution is 2.42. The number of hydrogen-bond acceptors (Lipinski definition) is 6. The zero-order chi connectivity index (χ0) is 24.9. The summed E-state index contributed by atoms with van der Waals surface area (Å²) in [6.45, 7) is 4.58. The lowest BCUT2D eigenvalue weighted by molar-refractivity contribution is -0.140. The van der Waals surface area contributed by atoms with Crippen LogP contribution < -0.4 is 9.47 Å². The van der Waals surface area contributed by atoms with Gasteiger partial charge in [-0.1, -0.05) is 29.8 Å². The lowest BCUT2D eigenvalue weighted by atomic mass is 9.95. The van der Waals surface area contributed by atoms with Crippen LogP contribution in [0.5, 0.6) is 11.5 Å². The third-order valence-electron chi connectivity index (χ3n) is 5.60. The molecule has 0 radical (unpaired) electrons. The molecule has 0 aliphatic carbocycles. The zero-order valence-corrected chi connectivity index (χ0v) is 20.2. The van der Waals surface area contributed by atoms with Gasteiger partial charge in [0, 0.05) is 17.3 Å². The summed E-state index contributed by atoms with van der Waals surface area (Å²) in [7, 11) is 0. The smallest absolute Gasteiger partial charge is 0.296 e. The summed E-state index contributed by atoms with van der Waals surface area (Å²) >= 11 is 6.09. The number of nitrogens with zero attached hydrogens (tertiary/aromatic N) is 2. The molecule has 0 bridgehead atoms. The molecule has 180 valence electrons. The number of aliphatic hydroxyl groups is 1. The predicted molar refractivity (Wildman–Crippen MR) is 132 cm³/mol. The number of ketones is 1. The number of rotatable bonds is 8. The van der Waals surface area contributed by atoms with Crippen LogP contribution in [0.15, 0.2) is 72.4 Å². The number of benzene rings is 2. The van der Waals surface area contributed by atoms with E-state index in [1.807, 2.05) is 19.9 Å². The molecule has 8 heteroatoms. The molecule has 0 spiro atoms. The standard InChI is InChI=1S/C27H25ClN2O5/c1-3-34-20-12-13-21(22(15-20)35-4-2)25(31)23-24(17-8-10-18(28)11-9-17)30(27(33)26(23)32)16-19-7-5-6-14-29-19/h5-15,24,31H,3-4,16H2,1-2H3/b25-23-. The number of pyridine rings is 1. The molecule has 2 aromatic carbocycles. The maximum atomic E-state index is 13.3. The van der Waals surface area contributed by atoms with Crippen LogP contribution in [-0.2, 0) is 16.1 Å². The fourth-order valence-electron chi connectivity index (χ4n) is 4.08. The van der Waals surface area contributed by atoms with Crippen LogP contribution in [0.4, 0.5) is 0 Å². The fourth-order valence-corrected chi connectivity index (χ4v) is 4.20. The number of aromatic nitrogens is 1. The molecule has 1 aromatic heterocycles. The van der Waals surface area contributed by atoms with Gasteiger partial charge in [-0.3, -0.25) is 14.6 Å². The number of amides is 1. The number of carbonyl (C=O) groups excluding carboxylic acids is 2. The van der Waals surface area contributed by atoms with Gasteiger partial charge in [0.1, 0.15) is 17.3 Å². The molecule has 2 heterocycles. The predicted octanol–water partition coefficient (Wildman–Crippen LogP) is 5.15. The van der Waals surface area contributed by atoms with Crippen molar-refractivity contribution in [2.45, 2.75) is 26.4 Å². The van der Waals surface area contributed by atoms with Gasteiger partial charge < -0.3 is 19.5 Å². The van der Waals surface area contributed by atoms with Crippen LogP contribution in [-0.4, -0.2) is 39.9 Å². The first-order valence-electron chi connectivity index (χ1n) is 11.3. The van der Waals surface area contributed by atoms with E-state index in [0.29, 0.717) is 46.6 Å². The van der Waals surface area contributed by atoms with Gasteiger partial charge in [-0.25, -0.2) is 0 Å². The van der Waals surface area contributed by atoms with Crippen molar-refractivity contribution in [2.75, 3.05) is 13.2 Å². The number of halogens is 1. The van der Waals surface area contributed by atoms with Gasteiger partial charge in [0.2, 0.25) is 0 Å². The van der Waals surface area contributed by atoms with Crippen LogP contribution in [0.1, 0.15) is 36.7 Å². The zero-order valence-electron chi connectivity index (χ0n) is 19.4. The molecule has 1 fully saturated rings. The van der Waals surface area contributed by atoms with Gasteiger partial charge >= 0.3 is 0 Å². The molecule has 1 N–H and O–H groups in total. The largest absolute Gasteiger partial charge is 0.507 e. The van der Waals surface area contributed by atoms with E-state index in [9.17, 15) is 14.7 Å². The van der Waals surface area contributed by atoms with Crippen molar-refractivity contribution in [1.29, 1.82) is 0 Å².